The number of nitrogens with one attached hydrogen (secondary N) is 1. The highest BCUT2D eigenvalue weighted by molar-refractivity contribution is 5.97. The van der Waals surface area contributed by atoms with Crippen molar-refractivity contribution in [2.24, 2.45) is 5.73 Å². The van der Waals surface area contributed by atoms with Crippen LogP contribution in [0.25, 0.3) is 0 Å². The van der Waals surface area contributed by atoms with Crippen LogP contribution in [0.5, 0.6) is 0 Å². The van der Waals surface area contributed by atoms with Gasteiger partial charge in [0.2, 0.25) is 5.91 Å². The second-order valence-electron chi connectivity index (χ2n) is 6.33. The Morgan fingerprint density at radius 1 is 1.36 bits per heavy atom. The van der Waals surface area contributed by atoms with Crippen molar-refractivity contribution < 1.29 is 9.59 Å². The Labute approximate surface area is 146 Å². The second-order valence-corrected chi connectivity index (χ2v) is 6.33. The number of imidazole rings is 1. The van der Waals surface area contributed by atoms with E-state index in [2.05, 4.69) is 10.3 Å². The van der Waals surface area contributed by atoms with Gasteiger partial charge in [0.15, 0.2) is 0 Å². The number of aromatic nitrogens is 2. The number of nitrogens with two attached hydrogens (primary N) is 1. The molecule has 3 N–H and O–H groups in total. The van der Waals surface area contributed by atoms with Crippen molar-refractivity contribution in [2.75, 3.05) is 18.4 Å². The quantitative estimate of drug-likeness (QED) is 0.861. The largest absolute Gasteiger partial charge is 0.337 e. The number of hydrogen-bond acceptors (Lipinski definition) is 4. The van der Waals surface area contributed by atoms with Crippen molar-refractivity contribution in [3.05, 3.63) is 48.5 Å². The number of nitrogens with zero attached hydrogens (tertiary/aromatic N) is 3. The zero-order valence-corrected chi connectivity index (χ0v) is 14.1. The summed E-state index contributed by atoms with van der Waals surface area (Å²) in [5.74, 6) is -0.136. The van der Waals surface area contributed by atoms with Crippen LogP contribution in [0.15, 0.2) is 43.0 Å². The lowest BCUT2D eigenvalue weighted by Gasteiger charge is -2.30. The van der Waals surface area contributed by atoms with Gasteiger partial charge in [0, 0.05) is 55.7 Å². The third kappa shape index (κ3) is 4.67. The normalized spacial score (nSPS) is 17.3. The van der Waals surface area contributed by atoms with Crippen molar-refractivity contribution in [1.29, 1.82) is 0 Å². The number of benzene rings is 1. The van der Waals surface area contributed by atoms with E-state index in [1.54, 1.807) is 41.7 Å². The van der Waals surface area contributed by atoms with Crippen molar-refractivity contribution >= 4 is 17.5 Å². The molecule has 0 bridgehead atoms. The smallest absolute Gasteiger partial charge is 0.253 e. The highest BCUT2D eigenvalue weighted by Gasteiger charge is 2.22. The average molecular weight is 341 g/mol. The Hall–Kier alpha value is -2.67. The molecule has 2 amide bonds. The van der Waals surface area contributed by atoms with Gasteiger partial charge in [0.1, 0.15) is 0 Å². The molecule has 132 valence electrons. The zero-order chi connectivity index (χ0) is 17.6. The minimum absolute atomic E-state index is 0.0373. The van der Waals surface area contributed by atoms with Gasteiger partial charge in [-0.1, -0.05) is 6.07 Å². The molecule has 0 aliphatic carbocycles. The Kier molecular flexibility index (Phi) is 5.45. The van der Waals surface area contributed by atoms with Crippen LogP contribution < -0.4 is 11.1 Å². The summed E-state index contributed by atoms with van der Waals surface area (Å²) in [5, 5.41) is 2.84. The van der Waals surface area contributed by atoms with E-state index in [1.165, 1.54) is 0 Å². The summed E-state index contributed by atoms with van der Waals surface area (Å²) < 4.78 is 1.85. The first kappa shape index (κ1) is 17.2. The van der Waals surface area contributed by atoms with Gasteiger partial charge >= 0.3 is 0 Å². The lowest BCUT2D eigenvalue weighted by Crippen LogP contribution is -2.45. The van der Waals surface area contributed by atoms with Gasteiger partial charge in [-0.05, 0) is 31.0 Å². The lowest BCUT2D eigenvalue weighted by atomic mass is 10.1. The molecule has 1 aromatic heterocycles. The molecule has 1 aliphatic heterocycles. The van der Waals surface area contributed by atoms with E-state index in [9.17, 15) is 9.59 Å². The number of amides is 2. The Morgan fingerprint density at radius 2 is 2.24 bits per heavy atom. The summed E-state index contributed by atoms with van der Waals surface area (Å²) >= 11 is 0. The monoisotopic (exact) mass is 341 g/mol. The van der Waals surface area contributed by atoms with Gasteiger partial charge in [-0.25, -0.2) is 4.98 Å². The molecule has 2 aromatic rings. The molecule has 7 nitrogen and oxygen atoms in total. The summed E-state index contributed by atoms with van der Waals surface area (Å²) in [6.07, 6.45) is 7.40. The van der Waals surface area contributed by atoms with Crippen LogP contribution in [0, 0.1) is 0 Å². The topological polar surface area (TPSA) is 93.3 Å². The highest BCUT2D eigenvalue weighted by Crippen LogP contribution is 2.16. The van der Waals surface area contributed by atoms with E-state index in [4.69, 9.17) is 5.73 Å². The van der Waals surface area contributed by atoms with E-state index < -0.39 is 0 Å². The molecule has 3 rings (SSSR count). The zero-order valence-electron chi connectivity index (χ0n) is 14.1. The minimum Gasteiger partial charge on any atom is -0.337 e. The molecule has 0 radical (unpaired) electrons. The van der Waals surface area contributed by atoms with E-state index >= 15 is 0 Å². The van der Waals surface area contributed by atoms with Gasteiger partial charge in [0.05, 0.1) is 6.33 Å². The molecular formula is C18H23N5O2. The Morgan fingerprint density at radius 3 is 3.00 bits per heavy atom. The first-order chi connectivity index (χ1) is 12.1. The first-order valence-corrected chi connectivity index (χ1v) is 8.52. The van der Waals surface area contributed by atoms with Crippen molar-refractivity contribution in [3.63, 3.8) is 0 Å². The molecule has 0 spiro atoms. The molecule has 0 saturated carbocycles. The van der Waals surface area contributed by atoms with Gasteiger partial charge < -0.3 is 20.5 Å². The molecule has 1 fully saturated rings. The number of rotatable bonds is 5. The standard InChI is InChI=1S/C18H23N5O2/c19-15-4-2-8-23(12-15)18(25)14-3-1-5-16(11-14)21-17(24)6-9-22-10-7-20-13-22/h1,3,5,7,10-11,13,15H,2,4,6,8-9,12,19H2,(H,21,24). The SMILES string of the molecule is NC1CCCN(C(=O)c2cccc(NC(=O)CCn3ccnc3)c2)C1. The lowest BCUT2D eigenvalue weighted by molar-refractivity contribution is -0.116. The third-order valence-electron chi connectivity index (χ3n) is 4.29. The number of carbonyl (C=O) groups excluding carboxylic acids is 2. The maximum absolute atomic E-state index is 12.6. The number of hydrogen-bond donors (Lipinski definition) is 2. The van der Waals surface area contributed by atoms with Crippen LogP contribution in [0.2, 0.25) is 0 Å². The fourth-order valence-electron chi connectivity index (χ4n) is 2.98. The van der Waals surface area contributed by atoms with Crippen LogP contribution in [0.3, 0.4) is 0 Å². The summed E-state index contributed by atoms with van der Waals surface area (Å²) in [5.41, 5.74) is 7.15. The number of carbonyl (C=O) groups is 2. The summed E-state index contributed by atoms with van der Waals surface area (Å²) in [4.78, 5) is 30.4. The van der Waals surface area contributed by atoms with Crippen LogP contribution in [0.4, 0.5) is 5.69 Å². The minimum atomic E-state index is -0.0988. The van der Waals surface area contributed by atoms with Crippen LogP contribution in [-0.2, 0) is 11.3 Å². The summed E-state index contributed by atoms with van der Waals surface area (Å²) in [7, 11) is 0. The van der Waals surface area contributed by atoms with Crippen molar-refractivity contribution in [3.8, 4) is 0 Å². The molecular weight excluding hydrogens is 318 g/mol. The number of likely N-dealkylation sites (tertiary alicyclic amines) is 1. The predicted molar refractivity (Wildman–Crippen MR) is 95.0 cm³/mol. The third-order valence-corrected chi connectivity index (χ3v) is 4.29. The van der Waals surface area contributed by atoms with Gasteiger partial charge in [-0.2, -0.15) is 0 Å². The molecule has 1 unspecified atom stereocenters. The fraction of sp³-hybridized carbons (Fsp3) is 0.389. The first-order valence-electron chi connectivity index (χ1n) is 8.52. The van der Waals surface area contributed by atoms with Gasteiger partial charge in [-0.15, -0.1) is 0 Å². The van der Waals surface area contributed by atoms with Crippen molar-refractivity contribution in [1.82, 2.24) is 14.5 Å². The number of anilines is 1. The maximum Gasteiger partial charge on any atom is 0.253 e. The van der Waals surface area contributed by atoms with Crippen LogP contribution in [-0.4, -0.2) is 45.4 Å². The fourth-order valence-corrected chi connectivity index (χ4v) is 2.98. The molecule has 1 aromatic carbocycles. The van der Waals surface area contributed by atoms with E-state index in [-0.39, 0.29) is 17.9 Å². The summed E-state index contributed by atoms with van der Waals surface area (Å²) in [6.45, 7) is 1.88. The molecule has 25 heavy (non-hydrogen) atoms. The average Bonchev–Trinajstić information content (AvgIpc) is 3.13. The Bertz CT molecular complexity index is 729. The van der Waals surface area contributed by atoms with Crippen LogP contribution in [0.1, 0.15) is 29.6 Å². The van der Waals surface area contributed by atoms with E-state index in [0.717, 1.165) is 19.4 Å². The number of aryl methyl sites for hydroxylation is 1. The van der Waals surface area contributed by atoms with Crippen LogP contribution >= 0.6 is 0 Å². The molecule has 1 saturated heterocycles. The van der Waals surface area contributed by atoms with Gasteiger partial charge in [-0.3, -0.25) is 9.59 Å². The predicted octanol–water partition coefficient (Wildman–Crippen LogP) is 1.48. The Balaban J connectivity index is 1.58. The molecule has 2 heterocycles. The molecule has 7 heteroatoms. The summed E-state index contributed by atoms with van der Waals surface area (Å²) in [6, 6.07) is 7.10. The van der Waals surface area contributed by atoms with Gasteiger partial charge in [0.25, 0.3) is 5.91 Å². The highest BCUT2D eigenvalue weighted by atomic mass is 16.2. The molecule has 1 atom stereocenters. The van der Waals surface area contributed by atoms with E-state index in [0.29, 0.717) is 30.8 Å². The van der Waals surface area contributed by atoms with E-state index in [1.807, 2.05) is 10.8 Å². The maximum atomic E-state index is 12.6. The molecule has 1 aliphatic rings. The van der Waals surface area contributed by atoms with Crippen molar-refractivity contribution in [2.45, 2.75) is 31.8 Å². The number of piperidine rings is 1. The second kappa shape index (κ2) is 7.94.